The van der Waals surface area contributed by atoms with Crippen LogP contribution in [0.2, 0.25) is 0 Å². The van der Waals surface area contributed by atoms with Gasteiger partial charge in [-0.3, -0.25) is 9.97 Å². The number of hydrogen-bond donors (Lipinski definition) is 0. The molecule has 9 nitrogen and oxygen atoms in total. The molecular formula is C102H65N9. The van der Waals surface area contributed by atoms with E-state index in [0.717, 1.165) is 89.3 Å². The van der Waals surface area contributed by atoms with Crippen molar-refractivity contribution in [1.82, 2.24) is 44.4 Å². The monoisotopic (exact) mass is 1420 g/mol. The van der Waals surface area contributed by atoms with Gasteiger partial charge in [0.05, 0.1) is 22.4 Å². The second kappa shape index (κ2) is 28.3. The molecule has 0 amide bonds. The molecule has 0 atom stereocenters. The minimum absolute atomic E-state index is 0.539. The molecule has 5 heterocycles. The third-order valence-corrected chi connectivity index (χ3v) is 21.0. The van der Waals surface area contributed by atoms with Crippen LogP contribution >= 0.6 is 0 Å². The summed E-state index contributed by atoms with van der Waals surface area (Å²) in [6, 6.07) is 134. The fourth-order valence-corrected chi connectivity index (χ4v) is 15.1. The van der Waals surface area contributed by atoms with Crippen molar-refractivity contribution in [1.29, 1.82) is 0 Å². The van der Waals surface area contributed by atoms with E-state index in [2.05, 4.69) is 362 Å². The quantitative estimate of drug-likeness (QED) is 0.119. The van der Waals surface area contributed by atoms with Crippen LogP contribution in [0.4, 0.5) is 0 Å². The second-order valence-electron chi connectivity index (χ2n) is 27.9. The Hall–Kier alpha value is -15.1. The van der Waals surface area contributed by atoms with Crippen molar-refractivity contribution in [3.8, 4) is 130 Å². The highest BCUT2D eigenvalue weighted by Crippen LogP contribution is 2.37. The highest BCUT2D eigenvalue weighted by molar-refractivity contribution is 6.09. The Balaban J connectivity index is 0.000000145. The molecular weight excluding hydrogens is 1350 g/mol. The van der Waals surface area contributed by atoms with Gasteiger partial charge in [0.25, 0.3) is 0 Å². The average molecular weight is 1420 g/mol. The Morgan fingerprint density at radius 2 is 0.387 bits per heavy atom. The van der Waals surface area contributed by atoms with E-state index in [0.29, 0.717) is 34.9 Å². The Morgan fingerprint density at radius 3 is 0.685 bits per heavy atom. The number of para-hydroxylation sites is 2. The minimum atomic E-state index is 0.539. The SMILES string of the molecule is c1ccc2cc(-c3ccc(-c4nc(-c5ccc(-c6ccc7ccccc7c6)cc5)nc(-c5ccc(-c6ccc7ccccc7c6)cc5)n4)cc3)ccc2c1.c1ccc2cc(-c3ccc(-c4nc(-c5ccc(-n6c7ccccc7c7ccccc76)cc5)nc(-c5ccc(-c6ccc7ccccc7c6)nc5)n4)cn3)ccc2c1. The third-order valence-electron chi connectivity index (χ3n) is 21.0. The maximum Gasteiger partial charge on any atom is 0.165 e. The lowest BCUT2D eigenvalue weighted by Crippen LogP contribution is -2.01. The molecule has 0 spiro atoms. The van der Waals surface area contributed by atoms with Crippen molar-refractivity contribution in [3.05, 3.63) is 395 Å². The number of rotatable bonds is 12. The zero-order valence-corrected chi connectivity index (χ0v) is 60.1. The summed E-state index contributed by atoms with van der Waals surface area (Å²) in [5.74, 6) is 3.56. The van der Waals surface area contributed by atoms with Gasteiger partial charge in [-0.1, -0.05) is 291 Å². The average Bonchev–Trinajstić information content (AvgIpc) is 1.60. The summed E-state index contributed by atoms with van der Waals surface area (Å²) < 4.78 is 2.31. The summed E-state index contributed by atoms with van der Waals surface area (Å²) >= 11 is 0. The number of pyridine rings is 2. The molecule has 5 aromatic heterocycles. The van der Waals surface area contributed by atoms with E-state index in [-0.39, 0.29) is 0 Å². The number of hydrogen-bond acceptors (Lipinski definition) is 8. The number of benzene rings is 16. The molecule has 0 unspecified atom stereocenters. The van der Waals surface area contributed by atoms with Gasteiger partial charge in [-0.25, -0.2) is 29.9 Å². The van der Waals surface area contributed by atoms with E-state index in [1.807, 2.05) is 36.7 Å². The van der Waals surface area contributed by atoms with Crippen LogP contribution in [0, 0.1) is 0 Å². The van der Waals surface area contributed by atoms with E-state index >= 15 is 0 Å². The van der Waals surface area contributed by atoms with E-state index < -0.39 is 0 Å². The first-order valence-electron chi connectivity index (χ1n) is 37.2. The van der Waals surface area contributed by atoms with Gasteiger partial charge >= 0.3 is 0 Å². The van der Waals surface area contributed by atoms with Crippen molar-refractivity contribution in [2.24, 2.45) is 0 Å². The molecule has 16 aromatic carbocycles. The Bertz CT molecular complexity index is 6570. The molecule has 0 saturated heterocycles. The van der Waals surface area contributed by atoms with Crippen LogP contribution < -0.4 is 0 Å². The van der Waals surface area contributed by atoms with E-state index in [9.17, 15) is 0 Å². The lowest BCUT2D eigenvalue weighted by atomic mass is 9.99. The summed E-state index contributed by atoms with van der Waals surface area (Å²) in [5.41, 5.74) is 19.5. The fraction of sp³-hybridized carbons (Fsp3) is 0. The summed E-state index contributed by atoms with van der Waals surface area (Å²) in [7, 11) is 0. The number of aromatic nitrogens is 9. The predicted octanol–water partition coefficient (Wildman–Crippen LogP) is 25.7. The Labute approximate surface area is 640 Å². The topological polar surface area (TPSA) is 108 Å². The van der Waals surface area contributed by atoms with Crippen molar-refractivity contribution in [2.75, 3.05) is 0 Å². The summed E-state index contributed by atoms with van der Waals surface area (Å²) in [4.78, 5) is 40.0. The first-order chi connectivity index (χ1) is 54.9. The van der Waals surface area contributed by atoms with Crippen molar-refractivity contribution < 1.29 is 0 Å². The van der Waals surface area contributed by atoms with Crippen LogP contribution in [-0.4, -0.2) is 44.4 Å². The van der Waals surface area contributed by atoms with Gasteiger partial charge in [0.1, 0.15) is 0 Å². The molecule has 0 radical (unpaired) electrons. The highest BCUT2D eigenvalue weighted by atomic mass is 15.0. The molecule has 9 heteroatoms. The lowest BCUT2D eigenvalue weighted by molar-refractivity contribution is 1.07. The highest BCUT2D eigenvalue weighted by Gasteiger charge is 2.19. The van der Waals surface area contributed by atoms with Gasteiger partial charge in [-0.15, -0.1) is 0 Å². The minimum Gasteiger partial charge on any atom is -0.309 e. The van der Waals surface area contributed by atoms with Gasteiger partial charge in [-0.2, -0.15) is 0 Å². The van der Waals surface area contributed by atoms with Gasteiger partial charge in [0, 0.05) is 73.4 Å². The van der Waals surface area contributed by atoms with Crippen molar-refractivity contribution in [3.63, 3.8) is 0 Å². The molecule has 0 N–H and O–H groups in total. The maximum absolute atomic E-state index is 5.06. The number of nitrogens with zero attached hydrogens (tertiary/aromatic N) is 9. The van der Waals surface area contributed by atoms with Crippen molar-refractivity contribution >= 4 is 75.7 Å². The Morgan fingerprint density at radius 1 is 0.162 bits per heavy atom. The zero-order valence-electron chi connectivity index (χ0n) is 60.1. The first-order valence-corrected chi connectivity index (χ1v) is 37.2. The molecule has 0 bridgehead atoms. The van der Waals surface area contributed by atoms with Gasteiger partial charge in [0.15, 0.2) is 34.9 Å². The molecule has 0 aliphatic heterocycles. The molecule has 0 saturated carbocycles. The summed E-state index contributed by atoms with van der Waals surface area (Å²) in [6.07, 6.45) is 3.69. The smallest absolute Gasteiger partial charge is 0.165 e. The van der Waals surface area contributed by atoms with Crippen molar-refractivity contribution in [2.45, 2.75) is 0 Å². The maximum atomic E-state index is 5.06. The molecule has 0 fully saturated rings. The molecule has 21 rings (SSSR count). The van der Waals surface area contributed by atoms with E-state index in [1.165, 1.54) is 81.3 Å². The van der Waals surface area contributed by atoms with Gasteiger partial charge in [-0.05, 0) is 178 Å². The first kappa shape index (κ1) is 65.5. The van der Waals surface area contributed by atoms with Crippen LogP contribution in [0.1, 0.15) is 0 Å². The lowest BCUT2D eigenvalue weighted by Gasteiger charge is -2.11. The van der Waals surface area contributed by atoms with Gasteiger partial charge in [0.2, 0.25) is 0 Å². The molecule has 111 heavy (non-hydrogen) atoms. The summed E-state index contributed by atoms with van der Waals surface area (Å²) in [6.45, 7) is 0. The zero-order chi connectivity index (χ0) is 73.6. The van der Waals surface area contributed by atoms with Gasteiger partial charge < -0.3 is 4.57 Å². The van der Waals surface area contributed by atoms with Crippen LogP contribution in [0.3, 0.4) is 0 Å². The molecule has 0 aliphatic carbocycles. The van der Waals surface area contributed by atoms with E-state index in [1.54, 1.807) is 0 Å². The third kappa shape index (κ3) is 13.0. The molecule has 518 valence electrons. The summed E-state index contributed by atoms with van der Waals surface area (Å²) in [5, 5.41) is 14.6. The molecule has 21 aromatic rings. The molecule has 0 aliphatic rings. The standard InChI is InChI=1S/C51H32N6.C51H33N3/c1-3-11-36-29-38(19-17-33(36)9-1)45-27-23-40(31-52-45)50-54-49(35-21-25-42(26-22-35)57-47-15-7-5-13-43(47)44-14-6-8-16-48(44)57)55-51(56-50)41-24-28-46(53-32-41)39-20-18-34-10-2-4-12-37(34)30-39;1-4-10-43-31-46(28-19-34(43)7-1)37-13-22-40(23-14-37)49-52-50(41-24-15-38(16-25-41)47-29-20-35-8-2-5-11-44(35)32-47)54-51(53-49)42-26-17-39(18-27-42)48-30-21-36-9-3-6-12-45(36)33-48/h1-32H;1-33H. The fourth-order valence-electron chi connectivity index (χ4n) is 15.1. The van der Waals surface area contributed by atoms with Crippen LogP contribution in [0.25, 0.3) is 206 Å². The van der Waals surface area contributed by atoms with Crippen LogP contribution in [-0.2, 0) is 0 Å². The van der Waals surface area contributed by atoms with Crippen LogP contribution in [0.5, 0.6) is 0 Å². The normalized spacial score (nSPS) is 11.4. The second-order valence-corrected chi connectivity index (χ2v) is 27.9. The predicted molar refractivity (Wildman–Crippen MR) is 457 cm³/mol. The Kier molecular flexibility index (Phi) is 16.7. The van der Waals surface area contributed by atoms with E-state index in [4.69, 9.17) is 39.9 Å². The van der Waals surface area contributed by atoms with Crippen LogP contribution in [0.15, 0.2) is 395 Å². The largest absolute Gasteiger partial charge is 0.309 e. The number of fused-ring (bicyclic) bond motifs is 8.